The zero-order chi connectivity index (χ0) is 24.7. The molecule has 2 aromatic carbocycles. The van der Waals surface area contributed by atoms with E-state index >= 15 is 0 Å². The third-order valence-electron chi connectivity index (χ3n) is 4.53. The average molecular weight is 466 g/mol. The molecule has 0 spiro atoms. The summed E-state index contributed by atoms with van der Waals surface area (Å²) in [6, 6.07) is 12.2. The lowest BCUT2D eigenvalue weighted by Gasteiger charge is -2.13. The van der Waals surface area contributed by atoms with Crippen molar-refractivity contribution in [3.8, 4) is 11.5 Å². The molecule has 0 aliphatic rings. The Morgan fingerprint density at radius 3 is 2.47 bits per heavy atom. The molecule has 3 N–H and O–H groups in total. The van der Waals surface area contributed by atoms with Crippen molar-refractivity contribution in [2.75, 3.05) is 18.5 Å². The number of amides is 1. The molecule has 34 heavy (non-hydrogen) atoms. The topological polar surface area (TPSA) is 156 Å². The highest BCUT2D eigenvalue weighted by molar-refractivity contribution is 5.91. The largest absolute Gasteiger partial charge is 0.490 e. The molecule has 0 bridgehead atoms. The molecule has 0 saturated carbocycles. The Morgan fingerprint density at radius 2 is 1.79 bits per heavy atom. The summed E-state index contributed by atoms with van der Waals surface area (Å²) in [7, 11) is 0. The van der Waals surface area contributed by atoms with Crippen LogP contribution in [-0.4, -0.2) is 34.0 Å². The fraction of sp³-hybridized carbons (Fsp3) is 0.174. The van der Waals surface area contributed by atoms with Gasteiger partial charge in [-0.25, -0.2) is 4.79 Å². The lowest BCUT2D eigenvalue weighted by Crippen LogP contribution is -2.25. The fourth-order valence-corrected chi connectivity index (χ4v) is 2.97. The highest BCUT2D eigenvalue weighted by atomic mass is 16.6. The van der Waals surface area contributed by atoms with E-state index in [-0.39, 0.29) is 18.2 Å². The van der Waals surface area contributed by atoms with Crippen molar-refractivity contribution in [3.63, 3.8) is 0 Å². The molecular weight excluding hydrogens is 444 g/mol. The van der Waals surface area contributed by atoms with Gasteiger partial charge < -0.3 is 19.8 Å². The van der Waals surface area contributed by atoms with Crippen LogP contribution in [0.4, 0.5) is 11.4 Å². The summed E-state index contributed by atoms with van der Waals surface area (Å²) in [5.74, 6) is 0.330. The number of H-pyrrole nitrogens is 2. The highest BCUT2D eigenvalue weighted by Gasteiger charge is 2.19. The summed E-state index contributed by atoms with van der Waals surface area (Å²) < 4.78 is 11.2. The van der Waals surface area contributed by atoms with E-state index in [0.29, 0.717) is 29.4 Å². The van der Waals surface area contributed by atoms with Crippen molar-refractivity contribution in [1.82, 2.24) is 9.97 Å². The number of nitro groups is 1. The van der Waals surface area contributed by atoms with Gasteiger partial charge in [0.15, 0.2) is 18.1 Å². The molecule has 176 valence electrons. The number of nitrogens with zero attached hydrogens (tertiary/aromatic N) is 1. The molecule has 3 aromatic rings. The van der Waals surface area contributed by atoms with E-state index < -0.39 is 21.9 Å². The Labute approximate surface area is 193 Å². The summed E-state index contributed by atoms with van der Waals surface area (Å²) in [4.78, 5) is 49.8. The zero-order valence-corrected chi connectivity index (χ0v) is 18.4. The number of benzene rings is 2. The molecule has 0 aliphatic carbocycles. The normalized spacial score (nSPS) is 10.8. The van der Waals surface area contributed by atoms with Crippen LogP contribution in [-0.2, 0) is 4.79 Å². The maximum atomic E-state index is 12.2. The Hall–Kier alpha value is -4.67. The van der Waals surface area contributed by atoms with Gasteiger partial charge in [0, 0.05) is 5.69 Å². The van der Waals surface area contributed by atoms with E-state index in [0.717, 1.165) is 5.56 Å². The minimum atomic E-state index is -1.10. The smallest absolute Gasteiger partial charge is 0.357 e. The van der Waals surface area contributed by atoms with Crippen LogP contribution in [0.5, 0.6) is 11.5 Å². The van der Waals surface area contributed by atoms with Gasteiger partial charge in [-0.1, -0.05) is 29.8 Å². The van der Waals surface area contributed by atoms with Gasteiger partial charge >= 0.3 is 16.9 Å². The van der Waals surface area contributed by atoms with Gasteiger partial charge in [0.25, 0.3) is 5.91 Å². The lowest BCUT2D eigenvalue weighted by molar-refractivity contribution is -0.386. The van der Waals surface area contributed by atoms with Crippen LogP contribution in [0.25, 0.3) is 12.2 Å². The molecule has 0 fully saturated rings. The van der Waals surface area contributed by atoms with Gasteiger partial charge in [-0.05, 0) is 49.8 Å². The first-order valence-corrected chi connectivity index (χ1v) is 10.2. The van der Waals surface area contributed by atoms with Gasteiger partial charge in [-0.3, -0.25) is 24.7 Å². The van der Waals surface area contributed by atoms with E-state index in [1.54, 1.807) is 37.3 Å². The van der Waals surface area contributed by atoms with Crippen LogP contribution in [0.15, 0.2) is 52.1 Å². The predicted octanol–water partition coefficient (Wildman–Crippen LogP) is 2.87. The van der Waals surface area contributed by atoms with Gasteiger partial charge in [-0.2, -0.15) is 0 Å². The minimum absolute atomic E-state index is 0.246. The van der Waals surface area contributed by atoms with E-state index in [4.69, 9.17) is 9.47 Å². The molecule has 0 aliphatic heterocycles. The number of hydrogen-bond acceptors (Lipinski definition) is 7. The summed E-state index contributed by atoms with van der Waals surface area (Å²) in [5, 5.41) is 13.9. The van der Waals surface area contributed by atoms with Gasteiger partial charge in [0.1, 0.15) is 5.69 Å². The second kappa shape index (κ2) is 10.8. The molecule has 0 radical (unpaired) electrons. The van der Waals surface area contributed by atoms with Crippen molar-refractivity contribution >= 4 is 29.4 Å². The van der Waals surface area contributed by atoms with E-state index in [9.17, 15) is 24.5 Å². The number of anilines is 1. The zero-order valence-electron chi connectivity index (χ0n) is 18.4. The van der Waals surface area contributed by atoms with Gasteiger partial charge in [0.2, 0.25) is 0 Å². The fourth-order valence-electron chi connectivity index (χ4n) is 2.97. The van der Waals surface area contributed by atoms with E-state index in [2.05, 4.69) is 10.3 Å². The first-order valence-electron chi connectivity index (χ1n) is 10.2. The van der Waals surface area contributed by atoms with Crippen molar-refractivity contribution in [3.05, 3.63) is 90.2 Å². The van der Waals surface area contributed by atoms with Crippen LogP contribution in [0.1, 0.15) is 23.7 Å². The van der Waals surface area contributed by atoms with Crippen molar-refractivity contribution in [2.45, 2.75) is 13.8 Å². The van der Waals surface area contributed by atoms with Crippen LogP contribution in [0.2, 0.25) is 0 Å². The minimum Gasteiger partial charge on any atom is -0.490 e. The molecule has 1 heterocycles. The summed E-state index contributed by atoms with van der Waals surface area (Å²) >= 11 is 0. The molecule has 0 atom stereocenters. The van der Waals surface area contributed by atoms with Crippen molar-refractivity contribution in [1.29, 1.82) is 0 Å². The molecule has 1 amide bonds. The number of rotatable bonds is 9. The molecule has 0 unspecified atom stereocenters. The standard InChI is InChI=1S/C23H22N4O7/c1-3-33-19-12-15(6-10-17-21(27(31)32)22(29)26-23(30)25-17)7-11-18(19)34-13-20(28)24-16-8-4-14(2)5-9-16/h4-12H,3,13H2,1-2H3,(H,24,28)(H2,25,26,29,30)/b10-6+. The van der Waals surface area contributed by atoms with Gasteiger partial charge in [-0.15, -0.1) is 0 Å². The number of nitrogens with one attached hydrogen (secondary N) is 3. The van der Waals surface area contributed by atoms with Crippen LogP contribution >= 0.6 is 0 Å². The second-order valence-electron chi connectivity index (χ2n) is 7.10. The Bertz CT molecular complexity index is 1340. The second-order valence-corrected chi connectivity index (χ2v) is 7.10. The molecule has 1 aromatic heterocycles. The third kappa shape index (κ3) is 6.19. The Balaban J connectivity index is 1.76. The number of ether oxygens (including phenoxy) is 2. The first-order chi connectivity index (χ1) is 16.3. The number of hydrogen-bond donors (Lipinski definition) is 3. The average Bonchev–Trinajstić information content (AvgIpc) is 2.78. The van der Waals surface area contributed by atoms with Crippen molar-refractivity contribution in [2.24, 2.45) is 0 Å². The van der Waals surface area contributed by atoms with Gasteiger partial charge in [0.05, 0.1) is 11.5 Å². The maximum absolute atomic E-state index is 12.2. The summed E-state index contributed by atoms with van der Waals surface area (Å²) in [6.07, 6.45) is 2.71. The Kier molecular flexibility index (Phi) is 7.60. The first kappa shape index (κ1) is 24.0. The van der Waals surface area contributed by atoms with Crippen LogP contribution in [0, 0.1) is 17.0 Å². The predicted molar refractivity (Wildman–Crippen MR) is 126 cm³/mol. The number of aryl methyl sites for hydroxylation is 1. The third-order valence-corrected chi connectivity index (χ3v) is 4.53. The molecular formula is C23H22N4O7. The van der Waals surface area contributed by atoms with E-state index in [1.807, 2.05) is 24.0 Å². The highest BCUT2D eigenvalue weighted by Crippen LogP contribution is 2.29. The van der Waals surface area contributed by atoms with Crippen LogP contribution < -0.4 is 26.0 Å². The molecule has 3 rings (SSSR count). The number of carbonyl (C=O) groups is 1. The quantitative estimate of drug-likeness (QED) is 0.323. The number of aromatic amines is 2. The molecule has 11 nitrogen and oxygen atoms in total. The Morgan fingerprint density at radius 1 is 1.06 bits per heavy atom. The number of carbonyl (C=O) groups excluding carboxylic acids is 1. The maximum Gasteiger partial charge on any atom is 0.357 e. The summed E-state index contributed by atoms with van der Waals surface area (Å²) in [5.41, 5.74) is -0.712. The van der Waals surface area contributed by atoms with Crippen molar-refractivity contribution < 1.29 is 19.2 Å². The van der Waals surface area contributed by atoms with E-state index in [1.165, 1.54) is 12.2 Å². The SMILES string of the molecule is CCOc1cc(/C=C/c2[nH]c(=O)[nH]c(=O)c2[N+](=O)[O-])ccc1OCC(=O)Nc1ccc(C)cc1. The monoisotopic (exact) mass is 466 g/mol. The number of aromatic nitrogens is 2. The molecule has 11 heteroatoms. The lowest BCUT2D eigenvalue weighted by atomic mass is 10.1. The molecule has 0 saturated heterocycles. The summed E-state index contributed by atoms with van der Waals surface area (Å²) in [6.45, 7) is 3.80. The van der Waals surface area contributed by atoms with Crippen LogP contribution in [0.3, 0.4) is 0 Å².